The van der Waals surface area contributed by atoms with Gasteiger partial charge in [0.1, 0.15) is 0 Å². The molecule has 0 aliphatic carbocycles. The van der Waals surface area contributed by atoms with Crippen LogP contribution in [0.25, 0.3) is 0 Å². The highest BCUT2D eigenvalue weighted by molar-refractivity contribution is 5.76. The molecule has 1 fully saturated rings. The van der Waals surface area contributed by atoms with Gasteiger partial charge in [0.2, 0.25) is 5.91 Å². The summed E-state index contributed by atoms with van der Waals surface area (Å²) in [6, 6.07) is 10.9. The number of fused-ring (bicyclic) bond motifs is 1. The quantitative estimate of drug-likeness (QED) is 0.806. The Morgan fingerprint density at radius 1 is 1.29 bits per heavy atom. The van der Waals surface area contributed by atoms with Gasteiger partial charge >= 0.3 is 0 Å². The fraction of sp³-hybridized carbons (Fsp3) is 0.545. The molecule has 2 aromatic rings. The van der Waals surface area contributed by atoms with E-state index in [0.29, 0.717) is 18.8 Å². The maximum Gasteiger partial charge on any atom is 0.220 e. The highest BCUT2D eigenvalue weighted by atomic mass is 16.1. The Bertz CT molecular complexity index is 774. The lowest BCUT2D eigenvalue weighted by molar-refractivity contribution is -0.121. The maximum absolute atomic E-state index is 12.3. The summed E-state index contributed by atoms with van der Waals surface area (Å²) in [5, 5.41) is 11.2. The molecule has 4 rings (SSSR count). The molecule has 2 aliphatic heterocycles. The van der Waals surface area contributed by atoms with Gasteiger partial charge in [-0.25, -0.2) is 0 Å². The minimum absolute atomic E-state index is 0.134. The van der Waals surface area contributed by atoms with Crippen LogP contribution in [0.5, 0.6) is 0 Å². The van der Waals surface area contributed by atoms with Crippen LogP contribution in [0.2, 0.25) is 0 Å². The lowest BCUT2D eigenvalue weighted by Gasteiger charge is -2.19. The van der Waals surface area contributed by atoms with Crippen molar-refractivity contribution < 1.29 is 4.79 Å². The predicted octanol–water partition coefficient (Wildman–Crippen LogP) is 2.26. The number of hydrogen-bond donors (Lipinski definition) is 2. The van der Waals surface area contributed by atoms with Gasteiger partial charge in [0.15, 0.2) is 0 Å². The van der Waals surface area contributed by atoms with Crippen molar-refractivity contribution in [3.63, 3.8) is 0 Å². The van der Waals surface area contributed by atoms with E-state index in [0.717, 1.165) is 57.8 Å². The van der Waals surface area contributed by atoms with Gasteiger partial charge in [-0.3, -0.25) is 9.48 Å². The topological polar surface area (TPSA) is 62.2 Å². The van der Waals surface area contributed by atoms with Crippen molar-refractivity contribution in [2.45, 2.75) is 45.7 Å². The van der Waals surface area contributed by atoms with Gasteiger partial charge in [-0.2, -0.15) is 5.10 Å². The number of benzene rings is 1. The van der Waals surface area contributed by atoms with Crippen molar-refractivity contribution in [3.05, 3.63) is 47.3 Å². The number of nitrogens with zero attached hydrogens (tertiary/aromatic N) is 3. The standard InChI is InChI=1S/C22H31N5O/c1-17-3-6-20(7-4-17)26-12-9-18(16-26)14-24-22(28)8-5-19-13-21-15-23-10-2-11-27(21)25-19/h3-4,6-7,13,18,23H,2,5,8-12,14-16H2,1H3,(H,24,28)/t18-/m0/s1. The van der Waals surface area contributed by atoms with E-state index in [9.17, 15) is 4.79 Å². The first-order valence-corrected chi connectivity index (χ1v) is 10.5. The Kier molecular flexibility index (Phi) is 5.95. The van der Waals surface area contributed by atoms with Gasteiger partial charge < -0.3 is 15.5 Å². The van der Waals surface area contributed by atoms with E-state index >= 15 is 0 Å². The van der Waals surface area contributed by atoms with E-state index in [1.807, 2.05) is 0 Å². The molecule has 0 unspecified atom stereocenters. The van der Waals surface area contributed by atoms with Crippen molar-refractivity contribution in [1.29, 1.82) is 0 Å². The summed E-state index contributed by atoms with van der Waals surface area (Å²) in [5.74, 6) is 0.662. The Morgan fingerprint density at radius 2 is 2.14 bits per heavy atom. The second kappa shape index (κ2) is 8.78. The zero-order chi connectivity index (χ0) is 19.3. The van der Waals surface area contributed by atoms with Gasteiger partial charge in [0.05, 0.1) is 11.4 Å². The molecule has 150 valence electrons. The van der Waals surface area contributed by atoms with Crippen molar-refractivity contribution in [3.8, 4) is 0 Å². The average molecular weight is 382 g/mol. The zero-order valence-electron chi connectivity index (χ0n) is 16.8. The number of aromatic nitrogens is 2. The Labute approximate surface area is 167 Å². The number of aryl methyl sites for hydroxylation is 3. The van der Waals surface area contributed by atoms with Crippen LogP contribution < -0.4 is 15.5 Å². The summed E-state index contributed by atoms with van der Waals surface area (Å²) < 4.78 is 2.09. The molecule has 1 aromatic carbocycles. The highest BCUT2D eigenvalue weighted by Crippen LogP contribution is 2.23. The lowest BCUT2D eigenvalue weighted by Crippen LogP contribution is -2.31. The molecule has 2 aliphatic rings. The molecule has 0 spiro atoms. The molecule has 28 heavy (non-hydrogen) atoms. The number of rotatable bonds is 6. The fourth-order valence-electron chi connectivity index (χ4n) is 4.12. The summed E-state index contributed by atoms with van der Waals surface area (Å²) in [7, 11) is 0. The smallest absolute Gasteiger partial charge is 0.220 e. The molecule has 2 N–H and O–H groups in total. The normalized spacial score (nSPS) is 19.3. The summed E-state index contributed by atoms with van der Waals surface area (Å²) >= 11 is 0. The summed E-state index contributed by atoms with van der Waals surface area (Å²) in [5.41, 5.74) is 4.83. The van der Waals surface area contributed by atoms with E-state index in [4.69, 9.17) is 0 Å². The van der Waals surface area contributed by atoms with Gasteiger partial charge in [-0.1, -0.05) is 17.7 Å². The predicted molar refractivity (Wildman–Crippen MR) is 111 cm³/mol. The summed E-state index contributed by atoms with van der Waals surface area (Å²) in [6.07, 6.45) is 3.47. The van der Waals surface area contributed by atoms with Crippen LogP contribution in [0.4, 0.5) is 5.69 Å². The van der Waals surface area contributed by atoms with Gasteiger partial charge in [0, 0.05) is 51.3 Å². The number of carbonyl (C=O) groups excluding carboxylic acids is 1. The van der Waals surface area contributed by atoms with Crippen LogP contribution in [0.15, 0.2) is 30.3 Å². The van der Waals surface area contributed by atoms with Crippen molar-refractivity contribution in [2.75, 3.05) is 31.1 Å². The third-order valence-corrected chi connectivity index (χ3v) is 5.82. The second-order valence-electron chi connectivity index (χ2n) is 8.12. The first-order valence-electron chi connectivity index (χ1n) is 10.5. The van der Waals surface area contributed by atoms with E-state index in [1.165, 1.54) is 16.9 Å². The minimum atomic E-state index is 0.134. The fourth-order valence-corrected chi connectivity index (χ4v) is 4.12. The lowest BCUT2D eigenvalue weighted by atomic mass is 10.1. The van der Waals surface area contributed by atoms with Crippen LogP contribution in [-0.2, 0) is 24.3 Å². The number of hydrogen-bond acceptors (Lipinski definition) is 4. The van der Waals surface area contributed by atoms with E-state index in [1.54, 1.807) is 0 Å². The SMILES string of the molecule is Cc1ccc(N2CC[C@@H](CNC(=O)CCc3cc4n(n3)CCCNC4)C2)cc1. The molecule has 1 saturated heterocycles. The maximum atomic E-state index is 12.3. The molecule has 3 heterocycles. The number of nitrogens with one attached hydrogen (secondary N) is 2. The van der Waals surface area contributed by atoms with Crippen LogP contribution >= 0.6 is 0 Å². The van der Waals surface area contributed by atoms with Crippen molar-refractivity contribution in [1.82, 2.24) is 20.4 Å². The molecule has 0 saturated carbocycles. The third-order valence-electron chi connectivity index (χ3n) is 5.82. The molecule has 1 atom stereocenters. The molecule has 6 nitrogen and oxygen atoms in total. The van der Waals surface area contributed by atoms with Gasteiger partial charge in [0.25, 0.3) is 0 Å². The molecule has 0 bridgehead atoms. The number of anilines is 1. The number of amides is 1. The Balaban J connectivity index is 1.19. The Morgan fingerprint density at radius 3 is 3.00 bits per heavy atom. The summed E-state index contributed by atoms with van der Waals surface area (Å²) in [4.78, 5) is 14.7. The van der Waals surface area contributed by atoms with E-state index in [2.05, 4.69) is 62.6 Å². The molecule has 6 heteroatoms. The van der Waals surface area contributed by atoms with Gasteiger partial charge in [-0.15, -0.1) is 0 Å². The first-order chi connectivity index (χ1) is 13.7. The molecule has 1 amide bonds. The van der Waals surface area contributed by atoms with Gasteiger partial charge in [-0.05, 0) is 50.4 Å². The van der Waals surface area contributed by atoms with Crippen LogP contribution in [0.1, 0.15) is 36.2 Å². The summed E-state index contributed by atoms with van der Waals surface area (Å²) in [6.45, 7) is 7.85. The highest BCUT2D eigenvalue weighted by Gasteiger charge is 2.23. The minimum Gasteiger partial charge on any atom is -0.371 e. The second-order valence-corrected chi connectivity index (χ2v) is 8.12. The van der Waals surface area contributed by atoms with E-state index < -0.39 is 0 Å². The molecule has 0 radical (unpaired) electrons. The first kappa shape index (κ1) is 19.0. The molecule has 1 aromatic heterocycles. The van der Waals surface area contributed by atoms with Crippen LogP contribution in [0, 0.1) is 12.8 Å². The van der Waals surface area contributed by atoms with Crippen molar-refractivity contribution >= 4 is 11.6 Å². The molecular weight excluding hydrogens is 350 g/mol. The van der Waals surface area contributed by atoms with E-state index in [-0.39, 0.29) is 5.91 Å². The van der Waals surface area contributed by atoms with Crippen molar-refractivity contribution in [2.24, 2.45) is 5.92 Å². The van der Waals surface area contributed by atoms with Crippen LogP contribution in [0.3, 0.4) is 0 Å². The Hall–Kier alpha value is -2.34. The van der Waals surface area contributed by atoms with Crippen LogP contribution in [-0.4, -0.2) is 41.9 Å². The monoisotopic (exact) mass is 381 g/mol. The average Bonchev–Trinajstić information content (AvgIpc) is 3.27. The largest absolute Gasteiger partial charge is 0.371 e. The third kappa shape index (κ3) is 4.73. The number of carbonyl (C=O) groups is 1. The zero-order valence-corrected chi connectivity index (χ0v) is 16.8. The molecular formula is C22H31N5O.